The Morgan fingerprint density at radius 1 is 0.491 bits per heavy atom. The summed E-state index contributed by atoms with van der Waals surface area (Å²) in [6.07, 6.45) is 8.86. The molecule has 1 nitrogen and oxygen atoms in total. The molecule has 3 aliphatic carbocycles. The van der Waals surface area contributed by atoms with Gasteiger partial charge in [0.15, 0.2) is 0 Å². The SMILES string of the molecule is CC1(C)c2ccccc2-c2ccc(N(C3=CC=CCC3)c3cccc(-c4cccc5ccccc45)c3-c3cccc4c3C(C)(C)c3ccccc3-4)cc21. The first-order valence-electron chi connectivity index (χ1n) is 19.1. The van der Waals surface area contributed by atoms with E-state index in [0.717, 1.165) is 12.8 Å². The maximum atomic E-state index is 2.58. The van der Waals surface area contributed by atoms with Crippen molar-refractivity contribution in [2.45, 2.75) is 51.4 Å². The maximum Gasteiger partial charge on any atom is 0.0543 e. The fourth-order valence-corrected chi connectivity index (χ4v) is 9.82. The fourth-order valence-electron chi connectivity index (χ4n) is 9.82. The molecule has 0 saturated heterocycles. The van der Waals surface area contributed by atoms with E-state index in [2.05, 4.69) is 196 Å². The Hall–Kier alpha value is -5.92. The van der Waals surface area contributed by atoms with Crippen LogP contribution in [0.25, 0.3) is 55.3 Å². The van der Waals surface area contributed by atoms with Crippen LogP contribution in [0.1, 0.15) is 62.8 Å². The predicted molar refractivity (Wildman–Crippen MR) is 225 cm³/mol. The van der Waals surface area contributed by atoms with Gasteiger partial charge in [0.05, 0.1) is 5.69 Å². The number of nitrogens with zero attached hydrogens (tertiary/aromatic N) is 1. The smallest absolute Gasteiger partial charge is 0.0543 e. The first-order chi connectivity index (χ1) is 25.8. The molecule has 3 aliphatic rings. The summed E-state index contributed by atoms with van der Waals surface area (Å²) in [7, 11) is 0. The molecular formula is C52H43N. The third-order valence-electron chi connectivity index (χ3n) is 12.3. The van der Waals surface area contributed by atoms with Crippen LogP contribution < -0.4 is 4.90 Å². The molecule has 7 aromatic carbocycles. The van der Waals surface area contributed by atoms with E-state index in [1.807, 2.05) is 0 Å². The summed E-state index contributed by atoms with van der Waals surface area (Å²) < 4.78 is 0. The lowest BCUT2D eigenvalue weighted by Gasteiger charge is -2.34. The van der Waals surface area contributed by atoms with Crippen LogP contribution in [0.3, 0.4) is 0 Å². The molecule has 0 heterocycles. The highest BCUT2D eigenvalue weighted by Gasteiger charge is 2.39. The van der Waals surface area contributed by atoms with E-state index in [0.29, 0.717) is 0 Å². The Balaban J connectivity index is 1.29. The number of benzene rings is 7. The second-order valence-electron chi connectivity index (χ2n) is 16.0. The minimum absolute atomic E-state index is 0.0991. The van der Waals surface area contributed by atoms with Crippen molar-refractivity contribution in [1.82, 2.24) is 0 Å². The van der Waals surface area contributed by atoms with E-state index in [9.17, 15) is 0 Å². The van der Waals surface area contributed by atoms with Gasteiger partial charge in [-0.05, 0) is 109 Å². The summed E-state index contributed by atoms with van der Waals surface area (Å²) in [5.41, 5.74) is 19.5. The van der Waals surface area contributed by atoms with Crippen molar-refractivity contribution in [3.63, 3.8) is 0 Å². The summed E-state index contributed by atoms with van der Waals surface area (Å²) in [5, 5.41) is 2.52. The van der Waals surface area contributed by atoms with Crippen LogP contribution in [0, 0.1) is 0 Å². The number of allylic oxidation sites excluding steroid dienone is 4. The second kappa shape index (κ2) is 11.8. The standard InChI is InChI=1S/C52H43N/c1-51(2)45-28-12-10-22-39(45)41-32-31-36(33-47(41)51)53(35-19-6-5-7-20-35)48-30-16-25-42(38-24-14-18-34-17-8-9-21-37(34)38)49(48)44-27-15-26-43-40-23-11-13-29-46(40)52(3,4)50(43)44/h5-6,8-19,21-33H,7,20H2,1-4H3. The third-order valence-corrected chi connectivity index (χ3v) is 12.3. The number of hydrogen-bond donors (Lipinski definition) is 0. The van der Waals surface area contributed by atoms with Gasteiger partial charge in [-0.25, -0.2) is 0 Å². The Kier molecular flexibility index (Phi) is 7.08. The molecule has 0 radical (unpaired) electrons. The van der Waals surface area contributed by atoms with Crippen molar-refractivity contribution in [3.8, 4) is 44.5 Å². The Morgan fingerprint density at radius 2 is 1.09 bits per heavy atom. The van der Waals surface area contributed by atoms with Crippen molar-refractivity contribution < 1.29 is 0 Å². The van der Waals surface area contributed by atoms with E-state index in [1.54, 1.807) is 0 Å². The van der Waals surface area contributed by atoms with Crippen molar-refractivity contribution in [1.29, 1.82) is 0 Å². The normalized spacial score (nSPS) is 15.7. The molecule has 0 atom stereocenters. The van der Waals surface area contributed by atoms with Gasteiger partial charge in [-0.1, -0.05) is 167 Å². The van der Waals surface area contributed by atoms with Gasteiger partial charge in [0, 0.05) is 27.8 Å². The number of anilines is 2. The fraction of sp³-hybridized carbons (Fsp3) is 0.154. The molecule has 0 saturated carbocycles. The first kappa shape index (κ1) is 31.8. The van der Waals surface area contributed by atoms with Gasteiger partial charge < -0.3 is 4.90 Å². The van der Waals surface area contributed by atoms with Crippen molar-refractivity contribution >= 4 is 22.1 Å². The molecule has 0 fully saturated rings. The largest absolute Gasteiger partial charge is 0.314 e. The summed E-state index contributed by atoms with van der Waals surface area (Å²) in [6, 6.07) is 54.8. The van der Waals surface area contributed by atoms with Crippen molar-refractivity contribution in [2.24, 2.45) is 0 Å². The Bertz CT molecular complexity index is 2680. The minimum Gasteiger partial charge on any atom is -0.314 e. The molecule has 1 heteroatoms. The first-order valence-corrected chi connectivity index (χ1v) is 19.1. The van der Waals surface area contributed by atoms with E-state index in [1.165, 1.54) is 94.6 Å². The van der Waals surface area contributed by atoms with Crippen molar-refractivity contribution in [2.75, 3.05) is 4.90 Å². The molecule has 0 aromatic heterocycles. The van der Waals surface area contributed by atoms with Gasteiger partial charge in [0.25, 0.3) is 0 Å². The van der Waals surface area contributed by atoms with Crippen LogP contribution in [-0.2, 0) is 10.8 Å². The van der Waals surface area contributed by atoms with Gasteiger partial charge in [0.1, 0.15) is 0 Å². The van der Waals surface area contributed by atoms with Crippen LogP contribution in [0.15, 0.2) is 170 Å². The molecule has 53 heavy (non-hydrogen) atoms. The maximum absolute atomic E-state index is 2.58. The zero-order valence-electron chi connectivity index (χ0n) is 30.9. The van der Waals surface area contributed by atoms with Crippen LogP contribution in [0.4, 0.5) is 11.4 Å². The lowest BCUT2D eigenvalue weighted by atomic mass is 9.77. The molecule has 256 valence electrons. The molecule has 0 bridgehead atoms. The van der Waals surface area contributed by atoms with Crippen LogP contribution in [0.5, 0.6) is 0 Å². The van der Waals surface area contributed by atoms with Gasteiger partial charge in [-0.15, -0.1) is 0 Å². The molecule has 0 N–H and O–H groups in total. The lowest BCUT2D eigenvalue weighted by molar-refractivity contribution is 0.660. The van der Waals surface area contributed by atoms with Crippen LogP contribution >= 0.6 is 0 Å². The second-order valence-corrected chi connectivity index (χ2v) is 16.0. The van der Waals surface area contributed by atoms with Gasteiger partial charge in [-0.3, -0.25) is 0 Å². The summed E-state index contributed by atoms with van der Waals surface area (Å²) >= 11 is 0. The van der Waals surface area contributed by atoms with Crippen LogP contribution in [0.2, 0.25) is 0 Å². The summed E-state index contributed by atoms with van der Waals surface area (Å²) in [6.45, 7) is 9.59. The van der Waals surface area contributed by atoms with Gasteiger partial charge in [-0.2, -0.15) is 0 Å². The van der Waals surface area contributed by atoms with E-state index in [-0.39, 0.29) is 10.8 Å². The van der Waals surface area contributed by atoms with Gasteiger partial charge >= 0.3 is 0 Å². The third kappa shape index (κ3) is 4.70. The van der Waals surface area contributed by atoms with Crippen LogP contribution in [-0.4, -0.2) is 0 Å². The monoisotopic (exact) mass is 681 g/mol. The highest BCUT2D eigenvalue weighted by atomic mass is 15.2. The van der Waals surface area contributed by atoms with Gasteiger partial charge in [0.2, 0.25) is 0 Å². The molecule has 0 unspecified atom stereocenters. The topological polar surface area (TPSA) is 3.24 Å². The lowest BCUT2D eigenvalue weighted by Crippen LogP contribution is -2.21. The molecule has 7 aromatic rings. The predicted octanol–water partition coefficient (Wildman–Crippen LogP) is 14.2. The Labute approximate surface area is 313 Å². The Morgan fingerprint density at radius 3 is 1.91 bits per heavy atom. The summed E-state index contributed by atoms with van der Waals surface area (Å²) in [5.74, 6) is 0. The highest BCUT2D eigenvalue weighted by molar-refractivity contribution is 6.06. The average Bonchev–Trinajstić information content (AvgIpc) is 3.58. The minimum atomic E-state index is -0.174. The highest BCUT2D eigenvalue weighted by Crippen LogP contribution is 2.56. The molecule has 0 aliphatic heterocycles. The summed E-state index contributed by atoms with van der Waals surface area (Å²) in [4.78, 5) is 2.58. The number of rotatable bonds is 5. The van der Waals surface area contributed by atoms with E-state index >= 15 is 0 Å². The zero-order valence-corrected chi connectivity index (χ0v) is 30.9. The molecular weight excluding hydrogens is 639 g/mol. The molecule has 0 spiro atoms. The number of fused-ring (bicyclic) bond motifs is 7. The van der Waals surface area contributed by atoms with E-state index in [4.69, 9.17) is 0 Å². The van der Waals surface area contributed by atoms with E-state index < -0.39 is 0 Å². The quantitative estimate of drug-likeness (QED) is 0.175. The molecule has 10 rings (SSSR count). The van der Waals surface area contributed by atoms with Crippen molar-refractivity contribution in [3.05, 3.63) is 192 Å². The number of hydrogen-bond acceptors (Lipinski definition) is 1. The average molecular weight is 682 g/mol. The molecule has 0 amide bonds. The zero-order chi connectivity index (χ0) is 35.9.